The summed E-state index contributed by atoms with van der Waals surface area (Å²) in [6.07, 6.45) is 1.42. The van der Waals surface area contributed by atoms with E-state index in [-0.39, 0.29) is 18.7 Å². The van der Waals surface area contributed by atoms with Crippen molar-refractivity contribution in [2.24, 2.45) is 17.4 Å². The van der Waals surface area contributed by atoms with Crippen LogP contribution >= 0.6 is 0 Å². The van der Waals surface area contributed by atoms with E-state index in [0.29, 0.717) is 13.0 Å². The van der Waals surface area contributed by atoms with Crippen LogP contribution in [-0.2, 0) is 4.74 Å². The van der Waals surface area contributed by atoms with Crippen molar-refractivity contribution in [1.29, 1.82) is 0 Å². The van der Waals surface area contributed by atoms with Crippen LogP contribution in [0.4, 0.5) is 4.39 Å². The molecule has 0 amide bonds. The van der Waals surface area contributed by atoms with Gasteiger partial charge in [0.2, 0.25) is 0 Å². The van der Waals surface area contributed by atoms with Crippen molar-refractivity contribution in [2.45, 2.75) is 25.6 Å². The van der Waals surface area contributed by atoms with Gasteiger partial charge in [-0.05, 0) is 12.0 Å². The molecule has 0 aromatic carbocycles. The molecule has 0 saturated carbocycles. The fourth-order valence-electron chi connectivity index (χ4n) is 1.51. The molecular weight excluding hydrogens is 171 g/mol. The van der Waals surface area contributed by atoms with Crippen LogP contribution in [0.3, 0.4) is 0 Å². The molecule has 1 aliphatic rings. The quantitative estimate of drug-likeness (QED) is 0.502. The van der Waals surface area contributed by atoms with Gasteiger partial charge >= 0.3 is 0 Å². The van der Waals surface area contributed by atoms with E-state index in [1.165, 1.54) is 0 Å². The summed E-state index contributed by atoms with van der Waals surface area (Å²) in [7, 11) is 0. The normalized spacial score (nSPS) is 34.5. The molecule has 4 N–H and O–H groups in total. The van der Waals surface area contributed by atoms with Gasteiger partial charge in [-0.1, -0.05) is 13.0 Å². The molecule has 3 unspecified atom stereocenters. The number of nitrogens with two attached hydrogens (primary N) is 2. The van der Waals surface area contributed by atoms with Gasteiger partial charge in [-0.2, -0.15) is 0 Å². The third-order valence-corrected chi connectivity index (χ3v) is 2.39. The molecule has 0 spiro atoms. The molecule has 1 aliphatic carbocycles. The summed E-state index contributed by atoms with van der Waals surface area (Å²) in [6.45, 7) is 2.45. The van der Waals surface area contributed by atoms with Gasteiger partial charge in [-0.25, -0.2) is 4.39 Å². The van der Waals surface area contributed by atoms with Crippen molar-refractivity contribution >= 4 is 0 Å². The van der Waals surface area contributed by atoms with Gasteiger partial charge in [0.25, 0.3) is 0 Å². The average molecular weight is 188 g/mol. The molecule has 0 saturated heterocycles. The first-order chi connectivity index (χ1) is 6.15. The molecule has 13 heavy (non-hydrogen) atoms. The van der Waals surface area contributed by atoms with Crippen molar-refractivity contribution in [3.63, 3.8) is 0 Å². The monoisotopic (exact) mass is 188 g/mol. The third-order valence-electron chi connectivity index (χ3n) is 2.39. The Morgan fingerprint density at radius 1 is 1.69 bits per heavy atom. The number of halogens is 1. The van der Waals surface area contributed by atoms with Gasteiger partial charge in [0.1, 0.15) is 6.17 Å². The maximum absolute atomic E-state index is 13.1. The highest BCUT2D eigenvalue weighted by atomic mass is 19.1. The topological polar surface area (TPSA) is 61.3 Å². The average Bonchev–Trinajstić information content (AvgIpc) is 2.09. The second-order valence-corrected chi connectivity index (χ2v) is 3.47. The highest BCUT2D eigenvalue weighted by Crippen LogP contribution is 2.24. The van der Waals surface area contributed by atoms with Gasteiger partial charge < -0.3 is 16.2 Å². The van der Waals surface area contributed by atoms with E-state index in [2.05, 4.69) is 0 Å². The fraction of sp³-hybridized carbons (Fsp3) is 0.778. The van der Waals surface area contributed by atoms with Gasteiger partial charge in [-0.15, -0.1) is 0 Å². The summed E-state index contributed by atoms with van der Waals surface area (Å²) in [4.78, 5) is 0. The summed E-state index contributed by atoms with van der Waals surface area (Å²) in [5, 5.41) is 0. The number of allylic oxidation sites excluding steroid dienone is 1. The second kappa shape index (κ2) is 4.69. The minimum absolute atomic E-state index is 0.0591. The number of alkyl halides is 1. The number of hydrogen-bond donors (Lipinski definition) is 2. The fourth-order valence-corrected chi connectivity index (χ4v) is 1.51. The van der Waals surface area contributed by atoms with E-state index >= 15 is 0 Å². The van der Waals surface area contributed by atoms with Crippen LogP contribution in [-0.4, -0.2) is 25.6 Å². The Morgan fingerprint density at radius 2 is 2.38 bits per heavy atom. The Kier molecular flexibility index (Phi) is 3.84. The number of rotatable bonds is 3. The van der Waals surface area contributed by atoms with E-state index in [4.69, 9.17) is 16.2 Å². The van der Waals surface area contributed by atoms with Crippen molar-refractivity contribution in [3.8, 4) is 0 Å². The van der Waals surface area contributed by atoms with Crippen molar-refractivity contribution in [1.82, 2.24) is 0 Å². The molecule has 0 aliphatic heterocycles. The molecule has 3 atom stereocenters. The smallest absolute Gasteiger partial charge is 0.108 e. The second-order valence-electron chi connectivity index (χ2n) is 3.47. The SMILES string of the molecule is CC1C=C(COCN)C(N)CC1F. The number of ether oxygens (including phenoxy) is 1. The van der Waals surface area contributed by atoms with Gasteiger partial charge in [0, 0.05) is 12.0 Å². The molecule has 0 heterocycles. The molecule has 3 nitrogen and oxygen atoms in total. The molecule has 76 valence electrons. The zero-order valence-corrected chi connectivity index (χ0v) is 7.87. The third kappa shape index (κ3) is 2.76. The predicted octanol–water partition coefficient (Wildman–Crippen LogP) is 0.551. The van der Waals surface area contributed by atoms with Crippen LogP contribution in [0.1, 0.15) is 13.3 Å². The van der Waals surface area contributed by atoms with Gasteiger partial charge in [0.15, 0.2) is 0 Å². The Morgan fingerprint density at radius 3 is 3.00 bits per heavy atom. The lowest BCUT2D eigenvalue weighted by Gasteiger charge is -2.27. The van der Waals surface area contributed by atoms with Crippen molar-refractivity contribution < 1.29 is 9.13 Å². The van der Waals surface area contributed by atoms with Gasteiger partial charge in [-0.3, -0.25) is 0 Å². The zero-order valence-electron chi connectivity index (χ0n) is 7.87. The first kappa shape index (κ1) is 10.6. The van der Waals surface area contributed by atoms with E-state index < -0.39 is 6.17 Å². The van der Waals surface area contributed by atoms with Crippen LogP contribution in [0.25, 0.3) is 0 Å². The number of hydrogen-bond acceptors (Lipinski definition) is 3. The minimum atomic E-state index is -0.823. The highest BCUT2D eigenvalue weighted by Gasteiger charge is 2.26. The summed E-state index contributed by atoms with van der Waals surface area (Å²) in [6, 6.07) is -0.210. The molecule has 0 fully saturated rings. The van der Waals surface area contributed by atoms with Crippen LogP contribution in [0.2, 0.25) is 0 Å². The molecular formula is C9H17FN2O. The Bertz CT molecular complexity index is 196. The first-order valence-corrected chi connectivity index (χ1v) is 4.53. The zero-order chi connectivity index (χ0) is 9.84. The molecule has 0 bridgehead atoms. The standard InChI is InChI=1S/C9H17FN2O/c1-6-2-7(4-13-5-11)9(12)3-8(6)10/h2,6,8-9H,3-5,11-12H2,1H3. The molecule has 0 aromatic rings. The molecule has 0 aromatic heterocycles. The highest BCUT2D eigenvalue weighted by molar-refractivity contribution is 5.17. The van der Waals surface area contributed by atoms with Crippen molar-refractivity contribution in [2.75, 3.05) is 13.3 Å². The Hall–Kier alpha value is -0.450. The Labute approximate surface area is 77.9 Å². The van der Waals surface area contributed by atoms with Gasteiger partial charge in [0.05, 0.1) is 13.3 Å². The lowest BCUT2D eigenvalue weighted by molar-refractivity contribution is 0.150. The minimum Gasteiger partial charge on any atom is -0.362 e. The maximum atomic E-state index is 13.1. The van der Waals surface area contributed by atoms with Crippen LogP contribution in [0.5, 0.6) is 0 Å². The van der Waals surface area contributed by atoms with E-state index in [0.717, 1.165) is 5.57 Å². The first-order valence-electron chi connectivity index (χ1n) is 4.53. The van der Waals surface area contributed by atoms with Crippen LogP contribution in [0.15, 0.2) is 11.6 Å². The molecule has 4 heteroatoms. The van der Waals surface area contributed by atoms with E-state index in [9.17, 15) is 4.39 Å². The molecule has 0 radical (unpaired) electrons. The summed E-state index contributed by atoms with van der Waals surface area (Å²) in [5.74, 6) is -0.0591. The lowest BCUT2D eigenvalue weighted by Crippen LogP contribution is -2.35. The van der Waals surface area contributed by atoms with E-state index in [1.807, 2.05) is 13.0 Å². The van der Waals surface area contributed by atoms with Crippen LogP contribution < -0.4 is 11.5 Å². The summed E-state index contributed by atoms with van der Waals surface area (Å²) >= 11 is 0. The van der Waals surface area contributed by atoms with Crippen molar-refractivity contribution in [3.05, 3.63) is 11.6 Å². The lowest BCUT2D eigenvalue weighted by atomic mass is 9.87. The molecule has 1 rings (SSSR count). The van der Waals surface area contributed by atoms with E-state index in [1.54, 1.807) is 0 Å². The Balaban J connectivity index is 2.55. The predicted molar refractivity (Wildman–Crippen MR) is 49.7 cm³/mol. The summed E-state index contributed by atoms with van der Waals surface area (Å²) < 4.78 is 18.2. The summed E-state index contributed by atoms with van der Waals surface area (Å²) in [5.41, 5.74) is 11.9. The largest absolute Gasteiger partial charge is 0.362 e. The van der Waals surface area contributed by atoms with Crippen LogP contribution in [0, 0.1) is 5.92 Å². The maximum Gasteiger partial charge on any atom is 0.108 e.